The van der Waals surface area contributed by atoms with E-state index in [1.54, 1.807) is 41.5 Å². The molecular weight excluding hydrogens is 608 g/mol. The van der Waals surface area contributed by atoms with Crippen LogP contribution in [0.2, 0.25) is 0 Å². The molecule has 10 nitrogen and oxygen atoms in total. The first-order chi connectivity index (χ1) is 22.1. The summed E-state index contributed by atoms with van der Waals surface area (Å²) < 4.78 is 11.6. The average Bonchev–Trinajstić information content (AvgIpc) is 2.97. The van der Waals surface area contributed by atoms with Crippen LogP contribution >= 0.6 is 0 Å². The zero-order valence-corrected chi connectivity index (χ0v) is 30.3. The minimum atomic E-state index is -2.00. The van der Waals surface area contributed by atoms with E-state index in [0.717, 1.165) is 9.80 Å². The number of aliphatic imine (C=N–C) groups is 2. The normalized spacial score (nSPS) is 25.2. The van der Waals surface area contributed by atoms with Crippen molar-refractivity contribution in [1.82, 2.24) is 9.80 Å². The highest BCUT2D eigenvalue weighted by Gasteiger charge is 2.66. The summed E-state index contributed by atoms with van der Waals surface area (Å²) >= 11 is 0. The SMILES string of the molecule is CC(C)[C@@H]1C(c2ccccc2)=N[C@@](C)([C@]2(C)N=C(c3ccccc3)[C@@H](C(C)C)N(C(=O)OC(C)(C)C)C2=O)C(=O)N1C(=O)OC(C)(C)C. The highest BCUT2D eigenvalue weighted by atomic mass is 16.6. The number of carbonyl (C=O) groups is 4. The van der Waals surface area contributed by atoms with E-state index >= 15 is 9.59 Å². The van der Waals surface area contributed by atoms with Crippen molar-refractivity contribution in [3.63, 3.8) is 0 Å². The summed E-state index contributed by atoms with van der Waals surface area (Å²) in [5.74, 6) is -2.05. The van der Waals surface area contributed by atoms with E-state index in [1.807, 2.05) is 88.4 Å². The zero-order chi connectivity index (χ0) is 36.0. The van der Waals surface area contributed by atoms with Crippen LogP contribution in [0, 0.1) is 11.8 Å². The predicted molar refractivity (Wildman–Crippen MR) is 186 cm³/mol. The van der Waals surface area contributed by atoms with Crippen molar-refractivity contribution in [1.29, 1.82) is 0 Å². The molecule has 4 rings (SSSR count). The molecule has 0 saturated heterocycles. The molecule has 0 radical (unpaired) electrons. The Hall–Kier alpha value is -4.34. The van der Waals surface area contributed by atoms with E-state index in [0.29, 0.717) is 22.6 Å². The second-order valence-electron chi connectivity index (χ2n) is 15.6. The van der Waals surface area contributed by atoms with Gasteiger partial charge in [-0.3, -0.25) is 19.6 Å². The van der Waals surface area contributed by atoms with Crippen LogP contribution in [-0.2, 0) is 19.1 Å². The molecule has 4 amide bonds. The maximum atomic E-state index is 15.0. The minimum absolute atomic E-state index is 0.271. The van der Waals surface area contributed by atoms with Crippen LogP contribution in [0.3, 0.4) is 0 Å². The number of hydrogen-bond donors (Lipinski definition) is 0. The van der Waals surface area contributed by atoms with E-state index in [2.05, 4.69) is 0 Å². The smallest absolute Gasteiger partial charge is 0.417 e. The maximum Gasteiger partial charge on any atom is 0.417 e. The first-order valence-corrected chi connectivity index (χ1v) is 16.6. The van der Waals surface area contributed by atoms with Gasteiger partial charge in [-0.1, -0.05) is 88.4 Å². The van der Waals surface area contributed by atoms with Crippen LogP contribution in [-0.4, -0.2) is 79.6 Å². The van der Waals surface area contributed by atoms with Gasteiger partial charge in [0.05, 0.1) is 23.5 Å². The molecule has 10 heteroatoms. The van der Waals surface area contributed by atoms with Crippen molar-refractivity contribution in [2.75, 3.05) is 0 Å². The molecule has 0 N–H and O–H groups in total. The Morgan fingerprint density at radius 2 is 0.917 bits per heavy atom. The number of rotatable bonds is 5. The Bertz CT molecular complexity index is 1500. The molecule has 0 aromatic heterocycles. The third-order valence-electron chi connectivity index (χ3n) is 8.61. The summed E-state index contributed by atoms with van der Waals surface area (Å²) in [7, 11) is 0. The van der Waals surface area contributed by atoms with Crippen LogP contribution in [0.25, 0.3) is 0 Å². The van der Waals surface area contributed by atoms with Crippen LogP contribution in [0.4, 0.5) is 9.59 Å². The van der Waals surface area contributed by atoms with Gasteiger partial charge in [0.1, 0.15) is 11.2 Å². The molecule has 0 spiro atoms. The molecule has 0 fully saturated rings. The van der Waals surface area contributed by atoms with Gasteiger partial charge in [-0.25, -0.2) is 19.4 Å². The summed E-state index contributed by atoms with van der Waals surface area (Å²) in [6.07, 6.45) is -1.71. The molecule has 0 unspecified atom stereocenters. The molecule has 0 aliphatic carbocycles. The van der Waals surface area contributed by atoms with Crippen molar-refractivity contribution < 1.29 is 28.7 Å². The van der Waals surface area contributed by atoms with Crippen LogP contribution in [0.1, 0.15) is 94.2 Å². The van der Waals surface area contributed by atoms with Crippen LogP contribution in [0.15, 0.2) is 70.6 Å². The molecule has 48 heavy (non-hydrogen) atoms. The molecule has 4 atom stereocenters. The van der Waals surface area contributed by atoms with Crippen molar-refractivity contribution >= 4 is 35.4 Å². The summed E-state index contributed by atoms with van der Waals surface area (Å²) in [4.78, 5) is 70.6. The van der Waals surface area contributed by atoms with E-state index in [4.69, 9.17) is 19.5 Å². The van der Waals surface area contributed by atoms with Gasteiger partial charge in [-0.2, -0.15) is 0 Å². The van der Waals surface area contributed by atoms with Gasteiger partial charge < -0.3 is 9.47 Å². The third kappa shape index (κ3) is 6.80. The van der Waals surface area contributed by atoms with Gasteiger partial charge in [0.25, 0.3) is 11.8 Å². The lowest BCUT2D eigenvalue weighted by molar-refractivity contribution is -0.150. The van der Waals surface area contributed by atoms with Crippen molar-refractivity contribution in [3.8, 4) is 0 Å². The van der Waals surface area contributed by atoms with Gasteiger partial charge in [0.2, 0.25) is 0 Å². The van der Waals surface area contributed by atoms with E-state index in [1.165, 1.54) is 13.8 Å². The van der Waals surface area contributed by atoms with Gasteiger partial charge in [0.15, 0.2) is 11.1 Å². The van der Waals surface area contributed by atoms with E-state index < -0.39 is 58.4 Å². The Labute approximate surface area is 284 Å². The number of carbonyl (C=O) groups excluding carboxylic acids is 4. The fourth-order valence-corrected chi connectivity index (χ4v) is 6.24. The summed E-state index contributed by atoms with van der Waals surface area (Å²) in [6, 6.07) is 16.9. The van der Waals surface area contributed by atoms with Gasteiger partial charge >= 0.3 is 12.2 Å². The first-order valence-electron chi connectivity index (χ1n) is 16.6. The number of hydrogen-bond acceptors (Lipinski definition) is 8. The standard InChI is InChI=1S/C38H50N4O6/c1-23(2)29-27(25-19-15-13-16-20-25)39-37(11,31(43)41(29)33(45)47-35(5,6)7)38(12)32(44)42(34(46)48-36(8,9)10)30(24(3)4)28(40-38)26-21-17-14-18-22-26/h13-24,29-30H,1-12H3/t29-,30-,37-,38-/m1/s1. The number of ether oxygens (including phenoxy) is 2. The lowest BCUT2D eigenvalue weighted by Crippen LogP contribution is -2.74. The fourth-order valence-electron chi connectivity index (χ4n) is 6.24. The molecular formula is C38H50N4O6. The molecule has 258 valence electrons. The summed E-state index contributed by atoms with van der Waals surface area (Å²) in [5, 5.41) is 0. The maximum absolute atomic E-state index is 15.0. The average molecular weight is 659 g/mol. The summed E-state index contributed by atoms with van der Waals surface area (Å²) in [5.41, 5.74) is -3.63. The lowest BCUT2D eigenvalue weighted by atomic mass is 9.72. The largest absolute Gasteiger partial charge is 0.443 e. The van der Waals surface area contributed by atoms with Crippen molar-refractivity contribution in [2.24, 2.45) is 21.8 Å². The molecule has 2 heterocycles. The Kier molecular flexibility index (Phi) is 9.83. The van der Waals surface area contributed by atoms with Gasteiger partial charge in [-0.05, 0) is 78.4 Å². The van der Waals surface area contributed by atoms with Gasteiger partial charge in [-0.15, -0.1) is 0 Å². The number of nitrogens with zero attached hydrogens (tertiary/aromatic N) is 4. The number of imide groups is 2. The predicted octanol–water partition coefficient (Wildman–Crippen LogP) is 7.09. The molecule has 0 saturated carbocycles. The highest BCUT2D eigenvalue weighted by molar-refractivity contribution is 6.20. The Balaban J connectivity index is 2.10. The molecule has 2 aliphatic rings. The quantitative estimate of drug-likeness (QED) is 0.339. The Morgan fingerprint density at radius 3 is 1.17 bits per heavy atom. The van der Waals surface area contributed by atoms with Crippen LogP contribution in [0.5, 0.6) is 0 Å². The first kappa shape index (κ1) is 36.5. The number of amides is 4. The zero-order valence-electron chi connectivity index (χ0n) is 30.3. The van der Waals surface area contributed by atoms with Crippen LogP contribution < -0.4 is 0 Å². The third-order valence-corrected chi connectivity index (χ3v) is 8.61. The van der Waals surface area contributed by atoms with E-state index in [9.17, 15) is 9.59 Å². The second-order valence-corrected chi connectivity index (χ2v) is 15.6. The monoisotopic (exact) mass is 658 g/mol. The van der Waals surface area contributed by atoms with Crippen molar-refractivity contribution in [2.45, 2.75) is 117 Å². The summed E-state index contributed by atoms with van der Waals surface area (Å²) in [6.45, 7) is 21.0. The fraction of sp³-hybridized carbons (Fsp3) is 0.526. The minimum Gasteiger partial charge on any atom is -0.443 e. The second kappa shape index (κ2) is 12.9. The van der Waals surface area contributed by atoms with Gasteiger partial charge in [0, 0.05) is 0 Å². The molecule has 2 aromatic carbocycles. The lowest BCUT2D eigenvalue weighted by Gasteiger charge is -2.51. The highest BCUT2D eigenvalue weighted by Crippen LogP contribution is 2.44. The topological polar surface area (TPSA) is 118 Å². The Morgan fingerprint density at radius 1 is 0.625 bits per heavy atom. The molecule has 2 aliphatic heterocycles. The van der Waals surface area contributed by atoms with E-state index in [-0.39, 0.29) is 11.8 Å². The molecule has 2 aromatic rings. The molecule has 0 bridgehead atoms. The number of benzene rings is 2. The van der Waals surface area contributed by atoms with Crippen molar-refractivity contribution in [3.05, 3.63) is 71.8 Å².